The van der Waals surface area contributed by atoms with E-state index in [4.69, 9.17) is 10.5 Å². The Bertz CT molecular complexity index is 1510. The number of ketones is 2. The normalized spacial score (nSPS) is 16.9. The summed E-state index contributed by atoms with van der Waals surface area (Å²) >= 11 is 0. The van der Waals surface area contributed by atoms with E-state index in [0.717, 1.165) is 32.7 Å². The van der Waals surface area contributed by atoms with Gasteiger partial charge in [-0.15, -0.1) is 0 Å². The van der Waals surface area contributed by atoms with Gasteiger partial charge in [-0.3, -0.25) is 9.59 Å². The lowest BCUT2D eigenvalue weighted by Gasteiger charge is -2.36. The smallest absolute Gasteiger partial charge is 0.194 e. The average molecular weight is 429 g/mol. The largest absolute Gasteiger partial charge is 0.455 e. The highest BCUT2D eigenvalue weighted by molar-refractivity contribution is 6.30. The number of carbonyl (C=O) groups is 2. The molecule has 0 saturated carbocycles. The number of fused-ring (bicyclic) bond motifs is 2. The molecule has 0 radical (unpaired) electrons. The van der Waals surface area contributed by atoms with Crippen molar-refractivity contribution in [2.45, 2.75) is 6.42 Å². The van der Waals surface area contributed by atoms with Crippen molar-refractivity contribution in [1.29, 1.82) is 0 Å². The molecule has 0 bridgehead atoms. The van der Waals surface area contributed by atoms with Gasteiger partial charge in [-0.25, -0.2) is 0 Å². The molecule has 7 rings (SSSR count). The van der Waals surface area contributed by atoms with Crippen LogP contribution in [0.5, 0.6) is 0 Å². The zero-order valence-electron chi connectivity index (χ0n) is 17.7. The van der Waals surface area contributed by atoms with Crippen molar-refractivity contribution in [3.05, 3.63) is 106 Å². The number of nitrogens with two attached hydrogens (primary N) is 1. The average Bonchev–Trinajstić information content (AvgIpc) is 2.85. The molecule has 4 aromatic rings. The zero-order valence-corrected chi connectivity index (χ0v) is 17.7. The number of allylic oxidation sites excluding steroid dienone is 2. The SMILES string of the molecule is NCCC1C2=C(OC3=C1C(=O)c1cccc4cccc3c14)c1cccc3cccc(c13)C2=O. The van der Waals surface area contributed by atoms with E-state index in [-0.39, 0.29) is 11.6 Å². The Kier molecular flexibility index (Phi) is 3.65. The Morgan fingerprint density at radius 2 is 1.06 bits per heavy atom. The molecule has 4 heteroatoms. The third-order valence-corrected chi connectivity index (χ3v) is 7.12. The minimum absolute atomic E-state index is 0.0795. The Morgan fingerprint density at radius 3 is 1.48 bits per heavy atom. The summed E-state index contributed by atoms with van der Waals surface area (Å²) in [7, 11) is 0. The minimum Gasteiger partial charge on any atom is -0.455 e. The van der Waals surface area contributed by atoms with Crippen LogP contribution in [0.3, 0.4) is 0 Å². The van der Waals surface area contributed by atoms with E-state index in [1.54, 1.807) is 0 Å². The maximum Gasteiger partial charge on any atom is 0.194 e. The molecular weight excluding hydrogens is 410 g/mol. The Labute approximate surface area is 190 Å². The molecule has 0 amide bonds. The fraction of sp³-hybridized carbons (Fsp3) is 0.103. The van der Waals surface area contributed by atoms with Crippen molar-refractivity contribution in [2.75, 3.05) is 6.54 Å². The van der Waals surface area contributed by atoms with E-state index in [0.29, 0.717) is 46.8 Å². The van der Waals surface area contributed by atoms with Crippen LogP contribution in [-0.2, 0) is 4.74 Å². The van der Waals surface area contributed by atoms with Crippen LogP contribution in [0.2, 0.25) is 0 Å². The second kappa shape index (κ2) is 6.50. The summed E-state index contributed by atoms with van der Waals surface area (Å²) in [5.74, 6) is 0.547. The highest BCUT2D eigenvalue weighted by atomic mass is 16.5. The molecule has 1 heterocycles. The second-order valence-corrected chi connectivity index (χ2v) is 8.79. The Morgan fingerprint density at radius 1 is 0.636 bits per heavy atom. The van der Waals surface area contributed by atoms with Crippen LogP contribution in [0.15, 0.2) is 83.9 Å². The van der Waals surface area contributed by atoms with E-state index in [1.165, 1.54) is 0 Å². The van der Waals surface area contributed by atoms with Gasteiger partial charge in [0, 0.05) is 38.9 Å². The lowest BCUT2D eigenvalue weighted by atomic mass is 9.71. The van der Waals surface area contributed by atoms with Gasteiger partial charge in [-0.1, -0.05) is 72.8 Å². The van der Waals surface area contributed by atoms with E-state index in [9.17, 15) is 9.59 Å². The summed E-state index contributed by atoms with van der Waals surface area (Å²) in [5.41, 5.74) is 10.2. The van der Waals surface area contributed by atoms with E-state index in [1.807, 2.05) is 72.8 Å². The monoisotopic (exact) mass is 429 g/mol. The van der Waals surface area contributed by atoms with Gasteiger partial charge in [-0.2, -0.15) is 0 Å². The van der Waals surface area contributed by atoms with Gasteiger partial charge < -0.3 is 10.5 Å². The number of hydrogen-bond donors (Lipinski definition) is 1. The van der Waals surface area contributed by atoms with Crippen LogP contribution >= 0.6 is 0 Å². The molecule has 0 saturated heterocycles. The van der Waals surface area contributed by atoms with Crippen LogP contribution in [0.4, 0.5) is 0 Å². The highest BCUT2D eigenvalue weighted by Gasteiger charge is 2.44. The first kappa shape index (κ1) is 18.5. The van der Waals surface area contributed by atoms with Gasteiger partial charge in [0.25, 0.3) is 0 Å². The van der Waals surface area contributed by atoms with Crippen molar-refractivity contribution >= 4 is 44.6 Å². The maximum absolute atomic E-state index is 13.8. The van der Waals surface area contributed by atoms with E-state index in [2.05, 4.69) is 0 Å². The van der Waals surface area contributed by atoms with Crippen LogP contribution < -0.4 is 5.73 Å². The quantitative estimate of drug-likeness (QED) is 0.457. The molecule has 0 fully saturated rings. The fourth-order valence-electron chi connectivity index (χ4n) is 5.78. The molecule has 0 atom stereocenters. The van der Waals surface area contributed by atoms with Gasteiger partial charge in [-0.05, 0) is 23.7 Å². The number of benzene rings is 4. The number of rotatable bonds is 2. The second-order valence-electron chi connectivity index (χ2n) is 8.79. The molecule has 3 aliphatic rings. The third-order valence-electron chi connectivity index (χ3n) is 7.12. The van der Waals surface area contributed by atoms with Crippen molar-refractivity contribution in [1.82, 2.24) is 0 Å². The molecule has 0 spiro atoms. The van der Waals surface area contributed by atoms with Crippen LogP contribution in [0.1, 0.15) is 38.3 Å². The van der Waals surface area contributed by atoms with Crippen molar-refractivity contribution in [3.63, 3.8) is 0 Å². The summed E-state index contributed by atoms with van der Waals surface area (Å²) < 4.78 is 6.58. The predicted octanol–water partition coefficient (Wildman–Crippen LogP) is 5.50. The molecule has 0 unspecified atom stereocenters. The maximum atomic E-state index is 13.8. The van der Waals surface area contributed by atoms with E-state index >= 15 is 0 Å². The summed E-state index contributed by atoms with van der Waals surface area (Å²) in [5, 5.41) is 3.80. The van der Waals surface area contributed by atoms with Gasteiger partial charge >= 0.3 is 0 Å². The zero-order chi connectivity index (χ0) is 22.3. The molecule has 0 aromatic heterocycles. The molecule has 158 valence electrons. The summed E-state index contributed by atoms with van der Waals surface area (Å²) in [4.78, 5) is 27.7. The molecule has 2 N–H and O–H groups in total. The summed E-state index contributed by atoms with van der Waals surface area (Å²) in [6, 6.07) is 23.5. The third kappa shape index (κ3) is 2.28. The fourth-order valence-corrected chi connectivity index (χ4v) is 5.78. The van der Waals surface area contributed by atoms with Gasteiger partial charge in [0.1, 0.15) is 11.5 Å². The first-order chi connectivity index (χ1) is 16.2. The van der Waals surface area contributed by atoms with Gasteiger partial charge in [0.05, 0.1) is 11.1 Å². The lowest BCUT2D eigenvalue weighted by Crippen LogP contribution is -2.32. The predicted molar refractivity (Wildman–Crippen MR) is 129 cm³/mol. The Hall–Kier alpha value is -4.02. The van der Waals surface area contributed by atoms with E-state index < -0.39 is 5.92 Å². The summed E-state index contributed by atoms with van der Waals surface area (Å²) in [6.45, 7) is 0.358. The number of carbonyl (C=O) groups excluding carboxylic acids is 2. The molecular formula is C29H19NO3. The molecule has 33 heavy (non-hydrogen) atoms. The number of hydrogen-bond acceptors (Lipinski definition) is 4. The summed E-state index contributed by atoms with van der Waals surface area (Å²) in [6.07, 6.45) is 0.495. The van der Waals surface area contributed by atoms with Crippen molar-refractivity contribution in [2.24, 2.45) is 11.7 Å². The van der Waals surface area contributed by atoms with Crippen molar-refractivity contribution < 1.29 is 14.3 Å². The molecule has 4 aromatic carbocycles. The van der Waals surface area contributed by atoms with Crippen molar-refractivity contribution in [3.8, 4) is 0 Å². The molecule has 4 nitrogen and oxygen atoms in total. The van der Waals surface area contributed by atoms with Gasteiger partial charge in [0.15, 0.2) is 11.6 Å². The minimum atomic E-state index is -0.416. The Balaban J connectivity index is 1.55. The van der Waals surface area contributed by atoms with Gasteiger partial charge in [0.2, 0.25) is 0 Å². The number of ether oxygens (including phenoxy) is 1. The first-order valence-electron chi connectivity index (χ1n) is 11.2. The lowest BCUT2D eigenvalue weighted by molar-refractivity contribution is 0.100. The number of Topliss-reactive ketones (excluding diaryl/α,β-unsaturated/α-hetero) is 2. The standard InChI is InChI=1S/C29H19NO3/c30-14-13-17-24-26(31)18-9-1-5-15-7-3-11-20(22(15)18)28(24)33-29-21-12-4-8-16-6-2-10-19(23(16)21)27(32)25(17)29/h1-12,17H,13-14,30H2. The van der Waals surface area contributed by atoms with Crippen LogP contribution in [-0.4, -0.2) is 18.1 Å². The van der Waals surface area contributed by atoms with Crippen LogP contribution in [0.25, 0.3) is 33.1 Å². The highest BCUT2D eigenvalue weighted by Crippen LogP contribution is 2.51. The van der Waals surface area contributed by atoms with Crippen LogP contribution in [0, 0.1) is 5.92 Å². The first-order valence-corrected chi connectivity index (χ1v) is 11.2. The molecule has 1 aliphatic heterocycles. The topological polar surface area (TPSA) is 69.4 Å². The molecule has 2 aliphatic carbocycles.